The fourth-order valence-electron chi connectivity index (χ4n) is 10.0. The molecule has 3 heteroatoms. The van der Waals surface area contributed by atoms with Crippen molar-refractivity contribution < 1.29 is 0 Å². The van der Waals surface area contributed by atoms with Crippen molar-refractivity contribution in [3.8, 4) is 27.9 Å². The Bertz CT molecular complexity index is 3860. The van der Waals surface area contributed by atoms with E-state index >= 15 is 0 Å². The smallest absolute Gasteiger partial charge is 0.0541 e. The van der Waals surface area contributed by atoms with Crippen LogP contribution in [0.15, 0.2) is 231 Å². The first-order chi connectivity index (χ1) is 31.2. The third-order valence-corrected chi connectivity index (χ3v) is 14.1. The van der Waals surface area contributed by atoms with Crippen LogP contribution in [0.2, 0.25) is 0 Å². The minimum Gasteiger partial charge on any atom is -0.310 e. The maximum absolute atomic E-state index is 2.41. The van der Waals surface area contributed by atoms with Gasteiger partial charge in [-0.3, -0.25) is 0 Å². The maximum Gasteiger partial charge on any atom is 0.0541 e. The molecular formula is C60H38N2S. The van der Waals surface area contributed by atoms with Gasteiger partial charge < -0.3 is 9.47 Å². The van der Waals surface area contributed by atoms with Crippen LogP contribution in [0.4, 0.5) is 17.1 Å². The summed E-state index contributed by atoms with van der Waals surface area (Å²) in [5.41, 5.74) is 11.7. The molecule has 0 aliphatic rings. The number of thiophene rings is 1. The van der Waals surface area contributed by atoms with Crippen LogP contribution < -0.4 is 4.90 Å². The molecule has 0 fully saturated rings. The summed E-state index contributed by atoms with van der Waals surface area (Å²) in [4.78, 5) is 2.41. The average Bonchev–Trinajstić information content (AvgIpc) is 3.90. The highest BCUT2D eigenvalue weighted by Crippen LogP contribution is 2.43. The lowest BCUT2D eigenvalue weighted by Crippen LogP contribution is -2.10. The average molecular weight is 819 g/mol. The Morgan fingerprint density at radius 2 is 0.730 bits per heavy atom. The van der Waals surface area contributed by atoms with Crippen molar-refractivity contribution in [2.75, 3.05) is 4.90 Å². The van der Waals surface area contributed by atoms with Crippen LogP contribution in [0.3, 0.4) is 0 Å². The second kappa shape index (κ2) is 14.3. The van der Waals surface area contributed by atoms with Crippen LogP contribution in [0.1, 0.15) is 0 Å². The third-order valence-electron chi connectivity index (χ3n) is 13.0. The summed E-state index contributed by atoms with van der Waals surface area (Å²) in [5.74, 6) is 0. The Labute approximate surface area is 368 Å². The van der Waals surface area contributed by atoms with E-state index in [0.29, 0.717) is 0 Å². The zero-order valence-electron chi connectivity index (χ0n) is 34.2. The number of rotatable bonds is 6. The van der Waals surface area contributed by atoms with Gasteiger partial charge in [0.25, 0.3) is 0 Å². The monoisotopic (exact) mass is 818 g/mol. The fourth-order valence-corrected chi connectivity index (χ4v) is 11.1. The van der Waals surface area contributed by atoms with Crippen molar-refractivity contribution in [3.05, 3.63) is 231 Å². The molecule has 13 rings (SSSR count). The Hall–Kier alpha value is -7.98. The van der Waals surface area contributed by atoms with Gasteiger partial charge in [-0.2, -0.15) is 0 Å². The number of hydrogen-bond acceptors (Lipinski definition) is 2. The molecule has 0 saturated carbocycles. The summed E-state index contributed by atoms with van der Waals surface area (Å²) in [5, 5.41) is 12.8. The van der Waals surface area contributed by atoms with Crippen molar-refractivity contribution in [1.29, 1.82) is 0 Å². The van der Waals surface area contributed by atoms with E-state index in [1.807, 2.05) is 11.3 Å². The molecule has 2 heterocycles. The molecule has 0 aliphatic heterocycles. The molecule has 0 unspecified atom stereocenters. The molecular weight excluding hydrogens is 781 g/mol. The largest absolute Gasteiger partial charge is 0.310 e. The zero-order chi connectivity index (χ0) is 41.4. The summed E-state index contributed by atoms with van der Waals surface area (Å²) in [6.07, 6.45) is 0. The minimum atomic E-state index is 1.10. The molecule has 2 nitrogen and oxygen atoms in total. The van der Waals surface area contributed by atoms with Crippen molar-refractivity contribution in [2.45, 2.75) is 0 Å². The number of hydrogen-bond donors (Lipinski definition) is 0. The lowest BCUT2D eigenvalue weighted by molar-refractivity contribution is 1.18. The van der Waals surface area contributed by atoms with Gasteiger partial charge in [-0.25, -0.2) is 0 Å². The Morgan fingerprint density at radius 3 is 1.41 bits per heavy atom. The molecule has 0 spiro atoms. The van der Waals surface area contributed by atoms with Gasteiger partial charge in [0.05, 0.1) is 11.0 Å². The second-order valence-electron chi connectivity index (χ2n) is 16.5. The van der Waals surface area contributed by atoms with E-state index in [9.17, 15) is 0 Å². The predicted octanol–water partition coefficient (Wildman–Crippen LogP) is 17.4. The molecule has 13 aromatic rings. The lowest BCUT2D eigenvalue weighted by atomic mass is 9.94. The normalized spacial score (nSPS) is 11.8. The van der Waals surface area contributed by atoms with Gasteiger partial charge in [0.2, 0.25) is 0 Å². The SMILES string of the molecule is c1ccc(-n2c3ccccc3c3cc(-c4ccc(N(c5ccc(-c6ccc7c(c6)sc6ccccc67)cc5)c5ccc6c7ccccc7c7ccccc7c6c5)cc4)ccc32)cc1. The summed E-state index contributed by atoms with van der Waals surface area (Å²) in [7, 11) is 0. The van der Waals surface area contributed by atoms with E-state index in [1.54, 1.807) is 0 Å². The Morgan fingerprint density at radius 1 is 0.270 bits per heavy atom. The van der Waals surface area contributed by atoms with Gasteiger partial charge in [0.15, 0.2) is 0 Å². The molecule has 0 amide bonds. The van der Waals surface area contributed by atoms with Crippen molar-refractivity contribution >= 4 is 103 Å². The molecule has 0 saturated heterocycles. The highest BCUT2D eigenvalue weighted by molar-refractivity contribution is 7.25. The minimum absolute atomic E-state index is 1.10. The molecule has 294 valence electrons. The summed E-state index contributed by atoms with van der Waals surface area (Å²) in [6.45, 7) is 0. The van der Waals surface area contributed by atoms with E-state index in [2.05, 4.69) is 240 Å². The Balaban J connectivity index is 0.936. The first-order valence-electron chi connectivity index (χ1n) is 21.6. The number of anilines is 3. The van der Waals surface area contributed by atoms with Crippen LogP contribution in [0, 0.1) is 0 Å². The molecule has 2 aromatic heterocycles. The van der Waals surface area contributed by atoms with E-state index < -0.39 is 0 Å². The zero-order valence-corrected chi connectivity index (χ0v) is 35.1. The molecule has 0 N–H and O–H groups in total. The number of nitrogens with zero attached hydrogens (tertiary/aromatic N) is 2. The van der Waals surface area contributed by atoms with Gasteiger partial charge in [-0.15, -0.1) is 11.3 Å². The van der Waals surface area contributed by atoms with E-state index in [1.165, 1.54) is 102 Å². The topological polar surface area (TPSA) is 8.17 Å². The van der Waals surface area contributed by atoms with Crippen molar-refractivity contribution in [3.63, 3.8) is 0 Å². The molecule has 0 radical (unpaired) electrons. The predicted molar refractivity (Wildman–Crippen MR) is 272 cm³/mol. The van der Waals surface area contributed by atoms with E-state index in [-0.39, 0.29) is 0 Å². The van der Waals surface area contributed by atoms with Gasteiger partial charge in [-0.05, 0) is 133 Å². The third kappa shape index (κ3) is 5.78. The lowest BCUT2D eigenvalue weighted by Gasteiger charge is -2.26. The highest BCUT2D eigenvalue weighted by atomic mass is 32.1. The second-order valence-corrected chi connectivity index (χ2v) is 17.6. The van der Waals surface area contributed by atoms with E-state index in [4.69, 9.17) is 0 Å². The summed E-state index contributed by atoms with van der Waals surface area (Å²) < 4.78 is 5.02. The van der Waals surface area contributed by atoms with Gasteiger partial charge in [0.1, 0.15) is 0 Å². The first-order valence-corrected chi connectivity index (χ1v) is 22.4. The standard InChI is InChI=1S/C60H38N2S/c1-2-12-43(13-3-1)62-57-20-10-8-18-52(57)56-36-41(27-35-58(56)62)39-22-28-44(29-23-39)61(46-32-34-51-49-16-5-4-14-47(49)48-15-6-7-17-50(48)55(51)38-46)45-30-24-40(25-31-45)42-26-33-54-53-19-9-11-21-59(53)63-60(54)37-42/h1-38H. The fraction of sp³-hybridized carbons (Fsp3) is 0. The Kier molecular flexibility index (Phi) is 8.12. The number of benzene rings is 11. The van der Waals surface area contributed by atoms with Gasteiger partial charge in [0, 0.05) is 53.7 Å². The van der Waals surface area contributed by atoms with Crippen LogP contribution in [-0.2, 0) is 0 Å². The molecule has 0 aliphatic carbocycles. The van der Waals surface area contributed by atoms with Crippen LogP contribution in [-0.4, -0.2) is 4.57 Å². The van der Waals surface area contributed by atoms with Crippen molar-refractivity contribution in [2.24, 2.45) is 0 Å². The summed E-state index contributed by atoms with van der Waals surface area (Å²) >= 11 is 1.87. The highest BCUT2D eigenvalue weighted by Gasteiger charge is 2.18. The maximum atomic E-state index is 2.41. The summed E-state index contributed by atoms with van der Waals surface area (Å²) in [6, 6.07) is 84.7. The molecule has 0 atom stereocenters. The quantitative estimate of drug-likeness (QED) is 0.152. The number of fused-ring (bicyclic) bond motifs is 12. The van der Waals surface area contributed by atoms with Gasteiger partial charge in [-0.1, -0.05) is 152 Å². The van der Waals surface area contributed by atoms with Gasteiger partial charge >= 0.3 is 0 Å². The van der Waals surface area contributed by atoms with Crippen LogP contribution >= 0.6 is 11.3 Å². The first kappa shape index (κ1) is 35.7. The van der Waals surface area contributed by atoms with Crippen LogP contribution in [0.25, 0.3) is 102 Å². The van der Waals surface area contributed by atoms with E-state index in [0.717, 1.165) is 17.1 Å². The number of aromatic nitrogens is 1. The molecule has 63 heavy (non-hydrogen) atoms. The van der Waals surface area contributed by atoms with Crippen molar-refractivity contribution in [1.82, 2.24) is 4.57 Å². The number of para-hydroxylation sites is 2. The molecule has 0 bridgehead atoms. The van der Waals surface area contributed by atoms with Crippen LogP contribution in [0.5, 0.6) is 0 Å². The molecule has 11 aromatic carbocycles.